The second-order valence-corrected chi connectivity index (χ2v) is 6.05. The van der Waals surface area contributed by atoms with E-state index < -0.39 is 5.66 Å². The van der Waals surface area contributed by atoms with Crippen LogP contribution in [0.3, 0.4) is 0 Å². The van der Waals surface area contributed by atoms with Gasteiger partial charge in [0.05, 0.1) is 12.8 Å². The molecule has 8 nitrogen and oxygen atoms in total. The molecule has 0 bridgehead atoms. The topological polar surface area (TPSA) is 97.9 Å². The minimum Gasteiger partial charge on any atom is -0.468 e. The van der Waals surface area contributed by atoms with Crippen molar-refractivity contribution in [1.29, 1.82) is 0 Å². The smallest absolute Gasteiger partial charge is 0.327 e. The molecule has 0 saturated heterocycles. The van der Waals surface area contributed by atoms with Crippen LogP contribution in [0.2, 0.25) is 0 Å². The summed E-state index contributed by atoms with van der Waals surface area (Å²) in [5.74, 6) is 2.13. The highest BCUT2D eigenvalue weighted by Gasteiger charge is 2.39. The van der Waals surface area contributed by atoms with Crippen molar-refractivity contribution in [3.63, 3.8) is 0 Å². The van der Waals surface area contributed by atoms with E-state index in [2.05, 4.69) is 31.3 Å². The van der Waals surface area contributed by atoms with Crippen LogP contribution < -0.4 is 5.32 Å². The zero-order valence-electron chi connectivity index (χ0n) is 14.8. The molecule has 1 aliphatic heterocycles. The van der Waals surface area contributed by atoms with Gasteiger partial charge in [-0.3, -0.25) is 14.3 Å². The number of aryl methyl sites for hydroxylation is 1. The number of rotatable bonds is 9. The minimum atomic E-state index is -0.444. The van der Waals surface area contributed by atoms with Gasteiger partial charge in [-0.2, -0.15) is 15.3 Å². The lowest BCUT2D eigenvalue weighted by Crippen LogP contribution is -2.25. The van der Waals surface area contributed by atoms with E-state index >= 15 is 0 Å². The molecule has 1 aromatic rings. The van der Waals surface area contributed by atoms with Gasteiger partial charge in [-0.05, 0) is 13.8 Å². The molecule has 0 atom stereocenters. The Balaban J connectivity index is 1.84. The van der Waals surface area contributed by atoms with Gasteiger partial charge in [0.25, 0.3) is 0 Å². The molecule has 0 unspecified atom stereocenters. The number of carbonyl (C=O) groups is 2. The van der Waals surface area contributed by atoms with E-state index in [1.807, 2.05) is 13.8 Å². The summed E-state index contributed by atoms with van der Waals surface area (Å²) in [5.41, 5.74) is 2.07. The number of aromatic nitrogens is 2. The van der Waals surface area contributed by atoms with Crippen LogP contribution in [-0.2, 0) is 27.4 Å². The lowest BCUT2D eigenvalue weighted by molar-refractivity contribution is -0.141. The number of nitrogens with zero attached hydrogens (tertiary/aromatic N) is 4. The number of methoxy groups -OCH3 is 1. The maximum atomic E-state index is 12.1. The molecule has 0 spiro atoms. The summed E-state index contributed by atoms with van der Waals surface area (Å²) >= 11 is 0. The van der Waals surface area contributed by atoms with Crippen molar-refractivity contribution in [3.8, 4) is 12.3 Å². The Morgan fingerprint density at radius 1 is 1.32 bits per heavy atom. The first-order valence-electron chi connectivity index (χ1n) is 8.14. The number of esters is 1. The van der Waals surface area contributed by atoms with Gasteiger partial charge in [0.2, 0.25) is 5.91 Å². The summed E-state index contributed by atoms with van der Waals surface area (Å²) in [6, 6.07) is 0. The molecule has 0 fully saturated rings. The van der Waals surface area contributed by atoms with Crippen molar-refractivity contribution >= 4 is 11.9 Å². The van der Waals surface area contributed by atoms with Crippen LogP contribution in [0.4, 0.5) is 0 Å². The van der Waals surface area contributed by atoms with E-state index in [0.29, 0.717) is 32.2 Å². The van der Waals surface area contributed by atoms with Crippen molar-refractivity contribution in [2.24, 2.45) is 10.2 Å². The van der Waals surface area contributed by atoms with E-state index in [-0.39, 0.29) is 18.4 Å². The van der Waals surface area contributed by atoms with Crippen LogP contribution in [0.15, 0.2) is 10.2 Å². The highest BCUT2D eigenvalue weighted by molar-refractivity contribution is 5.76. The molecule has 1 amide bonds. The first-order chi connectivity index (χ1) is 11.9. The van der Waals surface area contributed by atoms with E-state index in [0.717, 1.165) is 17.0 Å². The Hall–Kier alpha value is -2.69. The molecular weight excluding hydrogens is 322 g/mol. The number of nitrogens with one attached hydrogen (secondary N) is 1. The summed E-state index contributed by atoms with van der Waals surface area (Å²) in [5, 5.41) is 15.2. The van der Waals surface area contributed by atoms with Crippen LogP contribution in [-0.4, -0.2) is 34.4 Å². The van der Waals surface area contributed by atoms with Crippen molar-refractivity contribution in [3.05, 3.63) is 17.0 Å². The number of terminal acetylenes is 1. The molecule has 0 aromatic carbocycles. The molecule has 0 radical (unpaired) electrons. The Morgan fingerprint density at radius 2 is 2.04 bits per heavy atom. The molecule has 2 heterocycles. The van der Waals surface area contributed by atoms with E-state index in [1.54, 1.807) is 4.68 Å². The molecular formula is C17H23N5O3. The van der Waals surface area contributed by atoms with Crippen molar-refractivity contribution < 1.29 is 14.3 Å². The van der Waals surface area contributed by atoms with Crippen LogP contribution in [0.1, 0.15) is 42.6 Å². The van der Waals surface area contributed by atoms with Gasteiger partial charge in [-0.15, -0.1) is 12.3 Å². The Kier molecular flexibility index (Phi) is 5.91. The van der Waals surface area contributed by atoms with Crippen molar-refractivity contribution in [2.45, 2.75) is 58.3 Å². The monoisotopic (exact) mass is 345 g/mol. The molecule has 134 valence electrons. The van der Waals surface area contributed by atoms with Gasteiger partial charge < -0.3 is 10.1 Å². The second-order valence-electron chi connectivity index (χ2n) is 6.05. The molecule has 1 aromatic heterocycles. The van der Waals surface area contributed by atoms with E-state index in [1.165, 1.54) is 7.11 Å². The summed E-state index contributed by atoms with van der Waals surface area (Å²) in [7, 11) is 1.34. The van der Waals surface area contributed by atoms with Crippen molar-refractivity contribution in [2.75, 3.05) is 7.11 Å². The summed E-state index contributed by atoms with van der Waals surface area (Å²) in [6.45, 7) is 4.13. The van der Waals surface area contributed by atoms with Gasteiger partial charge in [0, 0.05) is 43.5 Å². The zero-order valence-corrected chi connectivity index (χ0v) is 14.8. The fourth-order valence-electron chi connectivity index (χ4n) is 2.59. The normalized spacial score (nSPS) is 14.0. The molecule has 25 heavy (non-hydrogen) atoms. The third-order valence-corrected chi connectivity index (χ3v) is 4.31. The van der Waals surface area contributed by atoms with Crippen LogP contribution in [0.25, 0.3) is 0 Å². The predicted molar refractivity (Wildman–Crippen MR) is 90.5 cm³/mol. The van der Waals surface area contributed by atoms with E-state index in [9.17, 15) is 9.59 Å². The maximum Gasteiger partial charge on any atom is 0.327 e. The Bertz CT molecular complexity index is 723. The number of carbonyl (C=O) groups excluding carboxylic acids is 2. The quantitative estimate of drug-likeness (QED) is 0.543. The Labute approximate surface area is 147 Å². The number of hydrogen-bond acceptors (Lipinski definition) is 6. The zero-order chi connectivity index (χ0) is 18.4. The van der Waals surface area contributed by atoms with Gasteiger partial charge in [-0.1, -0.05) is 0 Å². The van der Waals surface area contributed by atoms with Crippen molar-refractivity contribution in [1.82, 2.24) is 15.1 Å². The summed E-state index contributed by atoms with van der Waals surface area (Å²) < 4.78 is 6.24. The molecule has 8 heteroatoms. The lowest BCUT2D eigenvalue weighted by Gasteiger charge is -2.09. The molecule has 0 aliphatic carbocycles. The molecule has 2 rings (SSSR count). The maximum absolute atomic E-state index is 12.1. The third kappa shape index (κ3) is 4.89. The highest BCUT2D eigenvalue weighted by Crippen LogP contribution is 2.37. The minimum absolute atomic E-state index is 0.0534. The predicted octanol–water partition coefficient (Wildman–Crippen LogP) is 1.64. The second kappa shape index (κ2) is 7.92. The number of hydrogen-bond donors (Lipinski definition) is 1. The van der Waals surface area contributed by atoms with Gasteiger partial charge in [0.1, 0.15) is 6.54 Å². The van der Waals surface area contributed by atoms with Gasteiger partial charge in [0.15, 0.2) is 5.66 Å². The van der Waals surface area contributed by atoms with Gasteiger partial charge in [-0.25, -0.2) is 0 Å². The average molecular weight is 345 g/mol. The largest absolute Gasteiger partial charge is 0.468 e. The van der Waals surface area contributed by atoms with Gasteiger partial charge >= 0.3 is 5.97 Å². The number of amides is 1. The third-order valence-electron chi connectivity index (χ3n) is 4.31. The Morgan fingerprint density at radius 3 is 2.64 bits per heavy atom. The first-order valence-corrected chi connectivity index (χ1v) is 8.14. The summed E-state index contributed by atoms with van der Waals surface area (Å²) in [6.07, 6.45) is 7.45. The van der Waals surface area contributed by atoms with E-state index in [4.69, 9.17) is 6.42 Å². The summed E-state index contributed by atoms with van der Waals surface area (Å²) in [4.78, 5) is 23.5. The SMILES string of the molecule is C#CCCC1(CCC(=O)NCc2c(C)nn(CC(=O)OC)c2C)N=N1. The first kappa shape index (κ1) is 18.6. The lowest BCUT2D eigenvalue weighted by atomic mass is 10.0. The molecule has 1 aliphatic rings. The average Bonchev–Trinajstić information content (AvgIpc) is 3.32. The van der Waals surface area contributed by atoms with Crippen LogP contribution in [0.5, 0.6) is 0 Å². The fourth-order valence-corrected chi connectivity index (χ4v) is 2.59. The molecule has 1 N–H and O–H groups in total. The van der Waals surface area contributed by atoms with Crippen LogP contribution >= 0.6 is 0 Å². The molecule has 0 saturated carbocycles. The number of ether oxygens (including phenoxy) is 1. The fraction of sp³-hybridized carbons (Fsp3) is 0.588. The highest BCUT2D eigenvalue weighted by atomic mass is 16.5. The standard InChI is InChI=1S/C17H23N5O3/c1-5-6-8-17(20-21-17)9-7-15(23)18-10-14-12(2)19-22(13(14)3)11-16(24)25-4/h1H,6-11H2,2-4H3,(H,18,23). The van der Waals surface area contributed by atoms with Crippen LogP contribution in [0, 0.1) is 26.2 Å².